The van der Waals surface area contributed by atoms with E-state index in [0.29, 0.717) is 19.6 Å². The molecule has 1 atom stereocenters. The minimum atomic E-state index is -0.541. The van der Waals surface area contributed by atoms with Gasteiger partial charge >= 0.3 is 5.97 Å². The first kappa shape index (κ1) is 56.8. The van der Waals surface area contributed by atoms with Gasteiger partial charge in [0.05, 0.1) is 13.2 Å². The maximum Gasteiger partial charge on any atom is 0.306 e. The highest BCUT2D eigenvalue weighted by molar-refractivity contribution is 5.69. The number of hydrogen-bond donors (Lipinski definition) is 1. The molecule has 342 valence electrons. The molecule has 0 aromatic heterocycles. The zero-order chi connectivity index (χ0) is 42.6. The van der Waals surface area contributed by atoms with E-state index in [4.69, 9.17) is 9.47 Å². The lowest BCUT2D eigenvalue weighted by Gasteiger charge is -2.16. The predicted octanol–water partition coefficient (Wildman–Crippen LogP) is 17.3. The molecule has 0 aliphatic rings. The Morgan fingerprint density at radius 1 is 0.424 bits per heavy atom. The fourth-order valence-electron chi connectivity index (χ4n) is 7.23. The third-order valence-corrected chi connectivity index (χ3v) is 11.0. The third kappa shape index (κ3) is 50.1. The lowest BCUT2D eigenvalue weighted by atomic mass is 10.0. The van der Waals surface area contributed by atoms with Crippen molar-refractivity contribution in [3.8, 4) is 0 Å². The average molecular weight is 823 g/mol. The summed E-state index contributed by atoms with van der Waals surface area (Å²) in [6, 6.07) is 0. The monoisotopic (exact) mass is 823 g/mol. The number of aliphatic hydroxyl groups excluding tert-OH is 1. The van der Waals surface area contributed by atoms with Gasteiger partial charge in [0.25, 0.3) is 0 Å². The Balaban J connectivity index is 3.42. The van der Waals surface area contributed by atoms with Crippen LogP contribution in [0, 0.1) is 0 Å². The van der Waals surface area contributed by atoms with Crippen LogP contribution in [0.3, 0.4) is 0 Å². The first-order valence-corrected chi connectivity index (χ1v) is 25.5. The fraction of sp³-hybridized carbons (Fsp3) is 0.764. The van der Waals surface area contributed by atoms with Gasteiger partial charge in [-0.3, -0.25) is 4.79 Å². The van der Waals surface area contributed by atoms with Crippen LogP contribution in [0.4, 0.5) is 0 Å². The van der Waals surface area contributed by atoms with Gasteiger partial charge in [-0.1, -0.05) is 228 Å². The maximum atomic E-state index is 12.3. The molecule has 1 unspecified atom stereocenters. The van der Waals surface area contributed by atoms with Gasteiger partial charge in [0.1, 0.15) is 6.10 Å². The van der Waals surface area contributed by atoms with Crippen LogP contribution in [0.15, 0.2) is 72.9 Å². The lowest BCUT2D eigenvalue weighted by Crippen LogP contribution is -2.27. The van der Waals surface area contributed by atoms with Gasteiger partial charge in [0.2, 0.25) is 0 Å². The number of hydrogen-bond acceptors (Lipinski definition) is 4. The molecule has 0 bridgehead atoms. The summed E-state index contributed by atoms with van der Waals surface area (Å²) < 4.78 is 11.2. The Morgan fingerprint density at radius 3 is 1.15 bits per heavy atom. The Kier molecular flexibility index (Phi) is 50.1. The molecule has 59 heavy (non-hydrogen) atoms. The number of aliphatic hydroxyl groups is 1. The van der Waals surface area contributed by atoms with E-state index in [1.165, 1.54) is 173 Å². The van der Waals surface area contributed by atoms with Crippen LogP contribution in [-0.2, 0) is 14.3 Å². The van der Waals surface area contributed by atoms with E-state index in [2.05, 4.69) is 86.8 Å². The first-order valence-electron chi connectivity index (χ1n) is 25.5. The first-order chi connectivity index (χ1) is 29.2. The topological polar surface area (TPSA) is 55.8 Å². The van der Waals surface area contributed by atoms with E-state index in [1.54, 1.807) is 0 Å². The quantitative estimate of drug-likeness (QED) is 0.0377. The largest absolute Gasteiger partial charge is 0.457 e. The van der Waals surface area contributed by atoms with Crippen molar-refractivity contribution in [3.63, 3.8) is 0 Å². The van der Waals surface area contributed by atoms with Gasteiger partial charge in [-0.2, -0.15) is 0 Å². The highest BCUT2D eigenvalue weighted by Gasteiger charge is 2.13. The Bertz CT molecular complexity index is 1000. The van der Waals surface area contributed by atoms with Gasteiger partial charge in [0, 0.05) is 13.0 Å². The highest BCUT2D eigenvalue weighted by Crippen LogP contribution is 2.15. The molecule has 0 rings (SSSR count). The molecule has 4 nitrogen and oxygen atoms in total. The molecule has 0 radical (unpaired) electrons. The van der Waals surface area contributed by atoms with Crippen molar-refractivity contribution in [2.24, 2.45) is 0 Å². The lowest BCUT2D eigenvalue weighted by molar-refractivity contribution is -0.154. The van der Waals surface area contributed by atoms with Crippen LogP contribution in [0.5, 0.6) is 0 Å². The molecule has 4 heteroatoms. The summed E-state index contributed by atoms with van der Waals surface area (Å²) in [6.07, 6.45) is 71.3. The van der Waals surface area contributed by atoms with Crippen molar-refractivity contribution in [1.29, 1.82) is 0 Å². The Morgan fingerprint density at radius 2 is 0.763 bits per heavy atom. The van der Waals surface area contributed by atoms with Crippen molar-refractivity contribution in [1.82, 2.24) is 0 Å². The Labute approximate surface area is 367 Å². The second kappa shape index (κ2) is 52.0. The zero-order valence-corrected chi connectivity index (χ0v) is 39.3. The predicted molar refractivity (Wildman–Crippen MR) is 260 cm³/mol. The van der Waals surface area contributed by atoms with Crippen molar-refractivity contribution in [2.75, 3.05) is 19.8 Å². The van der Waals surface area contributed by atoms with Crippen LogP contribution in [0.1, 0.15) is 245 Å². The second-order valence-electron chi connectivity index (χ2n) is 16.9. The van der Waals surface area contributed by atoms with Crippen molar-refractivity contribution in [3.05, 3.63) is 72.9 Å². The summed E-state index contributed by atoms with van der Waals surface area (Å²) in [7, 11) is 0. The third-order valence-electron chi connectivity index (χ3n) is 11.0. The van der Waals surface area contributed by atoms with Gasteiger partial charge in [-0.25, -0.2) is 0 Å². The standard InChI is InChI=1S/C55H98O4/c1-3-5-7-9-11-13-15-17-19-21-23-25-26-27-28-29-31-33-35-37-39-41-43-45-47-49-51-58-53-54(52-56)59-55(57)50-48-46-44-42-40-38-36-34-32-30-24-22-20-18-16-14-12-10-8-6-4-2/h5,7,11,13,16-19,22-25,54,56H,3-4,6,8-10,12,14-15,20-21,26-53H2,1-2H3/b7-5-,13-11-,18-16-,19-17-,24-22-,25-23-. The molecule has 0 aliphatic heterocycles. The van der Waals surface area contributed by atoms with Crippen LogP contribution in [0.2, 0.25) is 0 Å². The molecule has 0 amide bonds. The average Bonchev–Trinajstić information content (AvgIpc) is 3.24. The summed E-state index contributed by atoms with van der Waals surface area (Å²) >= 11 is 0. The van der Waals surface area contributed by atoms with E-state index in [-0.39, 0.29) is 12.6 Å². The van der Waals surface area contributed by atoms with Crippen LogP contribution in [0.25, 0.3) is 0 Å². The second-order valence-corrected chi connectivity index (χ2v) is 16.9. The zero-order valence-electron chi connectivity index (χ0n) is 39.3. The van der Waals surface area contributed by atoms with Gasteiger partial charge < -0.3 is 14.6 Å². The van der Waals surface area contributed by atoms with Crippen molar-refractivity contribution in [2.45, 2.75) is 251 Å². The van der Waals surface area contributed by atoms with Crippen LogP contribution < -0.4 is 0 Å². The highest BCUT2D eigenvalue weighted by atomic mass is 16.6. The van der Waals surface area contributed by atoms with E-state index >= 15 is 0 Å². The van der Waals surface area contributed by atoms with E-state index in [1.807, 2.05) is 0 Å². The van der Waals surface area contributed by atoms with Crippen molar-refractivity contribution >= 4 is 5.97 Å². The molecule has 0 heterocycles. The summed E-state index contributed by atoms with van der Waals surface area (Å²) in [4.78, 5) is 12.3. The van der Waals surface area contributed by atoms with Gasteiger partial charge in [-0.05, 0) is 83.5 Å². The molecule has 1 N–H and O–H groups in total. The normalized spacial score (nSPS) is 12.9. The smallest absolute Gasteiger partial charge is 0.306 e. The fourth-order valence-corrected chi connectivity index (χ4v) is 7.23. The molecule has 0 saturated carbocycles. The molecule has 0 aromatic rings. The molecule has 0 aliphatic carbocycles. The number of rotatable bonds is 47. The summed E-state index contributed by atoms with van der Waals surface area (Å²) in [5.41, 5.74) is 0. The van der Waals surface area contributed by atoms with Crippen molar-refractivity contribution < 1.29 is 19.4 Å². The minimum absolute atomic E-state index is 0.175. The number of carbonyl (C=O) groups excluding carboxylic acids is 1. The number of carbonyl (C=O) groups is 1. The summed E-state index contributed by atoms with van der Waals surface area (Å²) in [5, 5.41) is 9.65. The molecule has 0 saturated heterocycles. The molecule has 0 fully saturated rings. The number of allylic oxidation sites excluding steroid dienone is 12. The number of esters is 1. The van der Waals surface area contributed by atoms with Crippen LogP contribution in [-0.4, -0.2) is 37.0 Å². The Hall–Kier alpha value is -2.17. The number of unbranched alkanes of at least 4 members (excludes halogenated alkanes) is 27. The van der Waals surface area contributed by atoms with E-state index in [9.17, 15) is 9.90 Å². The minimum Gasteiger partial charge on any atom is -0.457 e. The molecular formula is C55H98O4. The summed E-state index contributed by atoms with van der Waals surface area (Å²) in [5.74, 6) is -0.205. The molecule has 0 spiro atoms. The maximum absolute atomic E-state index is 12.3. The molecule has 0 aromatic carbocycles. The van der Waals surface area contributed by atoms with E-state index in [0.717, 1.165) is 51.4 Å². The summed E-state index contributed by atoms with van der Waals surface area (Å²) in [6.45, 7) is 5.23. The van der Waals surface area contributed by atoms with E-state index < -0.39 is 6.10 Å². The van der Waals surface area contributed by atoms with Gasteiger partial charge in [-0.15, -0.1) is 0 Å². The van der Waals surface area contributed by atoms with Crippen LogP contribution >= 0.6 is 0 Å². The number of ether oxygens (including phenoxy) is 2. The SMILES string of the molecule is CC/C=C\C/C=C\C/C=C\C/C=C\CCCCCCCCCCCCCCCOCC(CO)OC(=O)CCCCCCCCCCC/C=C\C/C=C\CCCCCCC. The van der Waals surface area contributed by atoms with Gasteiger partial charge in [0.15, 0.2) is 0 Å². The molecular weight excluding hydrogens is 725 g/mol.